The Balaban J connectivity index is 0.00000220. The summed E-state index contributed by atoms with van der Waals surface area (Å²) in [7, 11) is 0. The smallest absolute Gasteiger partial charge is 0.223 e. The molecule has 1 fully saturated rings. The molecule has 0 radical (unpaired) electrons. The number of hydrogen-bond acceptors (Lipinski definition) is 3. The molecule has 5 heteroatoms. The lowest BCUT2D eigenvalue weighted by atomic mass is 9.88. The molecular weight excluding hydrogens is 288 g/mol. The average molecular weight is 313 g/mol. The highest BCUT2D eigenvalue weighted by Crippen LogP contribution is 2.18. The van der Waals surface area contributed by atoms with Gasteiger partial charge in [0, 0.05) is 5.92 Å². The lowest BCUT2D eigenvalue weighted by Gasteiger charge is -2.33. The van der Waals surface area contributed by atoms with E-state index in [1.807, 2.05) is 51.1 Å². The molecule has 1 aliphatic heterocycles. The number of hydrogen-bond donors (Lipinski definition) is 2. The summed E-state index contributed by atoms with van der Waals surface area (Å²) in [5.74, 6) is 1.46. The van der Waals surface area contributed by atoms with Gasteiger partial charge in [-0.1, -0.05) is 25.1 Å². The van der Waals surface area contributed by atoms with E-state index in [9.17, 15) is 4.79 Å². The third kappa shape index (κ3) is 5.21. The van der Waals surface area contributed by atoms with Gasteiger partial charge < -0.3 is 15.4 Å². The molecule has 2 rings (SSSR count). The van der Waals surface area contributed by atoms with Gasteiger partial charge in [0.1, 0.15) is 11.4 Å². The zero-order valence-corrected chi connectivity index (χ0v) is 13.7. The average Bonchev–Trinajstić information content (AvgIpc) is 2.34. The monoisotopic (exact) mass is 312 g/mol. The van der Waals surface area contributed by atoms with Gasteiger partial charge in [0.2, 0.25) is 5.91 Å². The van der Waals surface area contributed by atoms with Gasteiger partial charge in [-0.2, -0.15) is 0 Å². The summed E-state index contributed by atoms with van der Waals surface area (Å²) in [5.41, 5.74) is -0.422. The maximum atomic E-state index is 12.1. The Morgan fingerprint density at radius 2 is 2.00 bits per heavy atom. The minimum atomic E-state index is -0.422. The standard InChI is InChI=1S/C16H24N2O2.ClH/c1-12(13-9-17-10-13)15(19)18-11-16(2,3)20-14-7-5-4-6-8-14;/h4-8,12-13,17H,9-11H2,1-3H3,(H,18,19);1H. The van der Waals surface area contributed by atoms with Crippen LogP contribution in [0.3, 0.4) is 0 Å². The van der Waals surface area contributed by atoms with Crippen molar-refractivity contribution in [3.63, 3.8) is 0 Å². The van der Waals surface area contributed by atoms with E-state index in [1.165, 1.54) is 0 Å². The molecular formula is C16H25ClN2O2. The van der Waals surface area contributed by atoms with E-state index in [-0.39, 0.29) is 24.2 Å². The molecule has 1 aromatic rings. The maximum absolute atomic E-state index is 12.1. The molecule has 1 atom stereocenters. The van der Waals surface area contributed by atoms with E-state index >= 15 is 0 Å². The Kier molecular flexibility index (Phi) is 6.49. The zero-order chi connectivity index (χ0) is 14.6. The largest absolute Gasteiger partial charge is 0.486 e. The summed E-state index contributed by atoms with van der Waals surface area (Å²) >= 11 is 0. The van der Waals surface area contributed by atoms with Crippen molar-refractivity contribution in [3.05, 3.63) is 30.3 Å². The van der Waals surface area contributed by atoms with E-state index in [2.05, 4.69) is 10.6 Å². The lowest BCUT2D eigenvalue weighted by molar-refractivity contribution is -0.127. The van der Waals surface area contributed by atoms with Crippen molar-refractivity contribution in [2.75, 3.05) is 19.6 Å². The van der Waals surface area contributed by atoms with Crippen LogP contribution < -0.4 is 15.4 Å². The van der Waals surface area contributed by atoms with Crippen LogP contribution in [-0.4, -0.2) is 31.1 Å². The quantitative estimate of drug-likeness (QED) is 0.847. The van der Waals surface area contributed by atoms with Gasteiger partial charge in [0.25, 0.3) is 0 Å². The van der Waals surface area contributed by atoms with Gasteiger partial charge in [-0.3, -0.25) is 4.79 Å². The van der Waals surface area contributed by atoms with Gasteiger partial charge in [-0.25, -0.2) is 0 Å². The fourth-order valence-electron chi connectivity index (χ4n) is 2.18. The van der Waals surface area contributed by atoms with Crippen LogP contribution in [0.5, 0.6) is 5.75 Å². The first-order valence-corrected chi connectivity index (χ1v) is 7.20. The second-order valence-electron chi connectivity index (χ2n) is 6.10. The van der Waals surface area contributed by atoms with Crippen molar-refractivity contribution in [1.82, 2.24) is 10.6 Å². The maximum Gasteiger partial charge on any atom is 0.223 e. The molecule has 0 aromatic heterocycles. The minimum absolute atomic E-state index is 0. The molecule has 0 spiro atoms. The Labute approximate surface area is 133 Å². The lowest BCUT2D eigenvalue weighted by Crippen LogP contribution is -2.51. The van der Waals surface area contributed by atoms with Crippen molar-refractivity contribution < 1.29 is 9.53 Å². The van der Waals surface area contributed by atoms with E-state index in [0.717, 1.165) is 18.8 Å². The van der Waals surface area contributed by atoms with Crippen LogP contribution in [-0.2, 0) is 4.79 Å². The van der Waals surface area contributed by atoms with Gasteiger partial charge >= 0.3 is 0 Å². The molecule has 2 N–H and O–H groups in total. The van der Waals surface area contributed by atoms with Crippen LogP contribution in [0.4, 0.5) is 0 Å². The summed E-state index contributed by atoms with van der Waals surface area (Å²) in [6.45, 7) is 8.35. The first kappa shape index (κ1) is 17.8. The van der Waals surface area contributed by atoms with E-state index < -0.39 is 5.60 Å². The summed E-state index contributed by atoms with van der Waals surface area (Å²) in [6, 6.07) is 9.68. The fourth-order valence-corrected chi connectivity index (χ4v) is 2.18. The molecule has 0 bridgehead atoms. The molecule has 1 aliphatic rings. The van der Waals surface area contributed by atoms with Crippen LogP contribution in [0, 0.1) is 11.8 Å². The SMILES string of the molecule is CC(C(=O)NCC(C)(C)Oc1ccccc1)C1CNC1.Cl. The Morgan fingerprint density at radius 1 is 1.38 bits per heavy atom. The van der Waals surface area contributed by atoms with Crippen LogP contribution in [0.1, 0.15) is 20.8 Å². The second-order valence-corrected chi connectivity index (χ2v) is 6.10. The third-order valence-corrected chi connectivity index (χ3v) is 3.76. The number of para-hydroxylation sites is 1. The number of halogens is 1. The Morgan fingerprint density at radius 3 is 2.52 bits per heavy atom. The number of rotatable bonds is 6. The summed E-state index contributed by atoms with van der Waals surface area (Å²) in [4.78, 5) is 12.1. The summed E-state index contributed by atoms with van der Waals surface area (Å²) in [6.07, 6.45) is 0. The molecule has 1 amide bonds. The molecule has 21 heavy (non-hydrogen) atoms. The fraction of sp³-hybridized carbons (Fsp3) is 0.562. The van der Waals surface area contributed by atoms with E-state index in [4.69, 9.17) is 4.74 Å². The van der Waals surface area contributed by atoms with Gasteiger partial charge in [-0.15, -0.1) is 12.4 Å². The predicted molar refractivity (Wildman–Crippen MR) is 86.9 cm³/mol. The molecule has 0 aliphatic carbocycles. The van der Waals surface area contributed by atoms with Crippen molar-refractivity contribution in [1.29, 1.82) is 0 Å². The number of amides is 1. The minimum Gasteiger partial charge on any atom is -0.486 e. The van der Waals surface area contributed by atoms with Crippen LogP contribution in [0.25, 0.3) is 0 Å². The van der Waals surface area contributed by atoms with Crippen molar-refractivity contribution in [3.8, 4) is 5.75 Å². The molecule has 118 valence electrons. The highest BCUT2D eigenvalue weighted by Gasteiger charge is 2.30. The van der Waals surface area contributed by atoms with E-state index in [0.29, 0.717) is 12.5 Å². The Hall–Kier alpha value is -1.26. The topological polar surface area (TPSA) is 50.4 Å². The van der Waals surface area contributed by atoms with Crippen LogP contribution in [0.15, 0.2) is 30.3 Å². The Bertz CT molecular complexity index is 447. The second kappa shape index (κ2) is 7.66. The molecule has 1 aromatic carbocycles. The summed E-state index contributed by atoms with van der Waals surface area (Å²) < 4.78 is 5.91. The van der Waals surface area contributed by atoms with Crippen LogP contribution >= 0.6 is 12.4 Å². The van der Waals surface area contributed by atoms with Gasteiger partial charge in [-0.05, 0) is 45.0 Å². The van der Waals surface area contributed by atoms with Gasteiger partial charge in [0.05, 0.1) is 6.54 Å². The van der Waals surface area contributed by atoms with Crippen molar-refractivity contribution in [2.45, 2.75) is 26.4 Å². The third-order valence-electron chi connectivity index (χ3n) is 3.76. The number of benzene rings is 1. The number of nitrogens with one attached hydrogen (secondary N) is 2. The highest BCUT2D eigenvalue weighted by atomic mass is 35.5. The number of carbonyl (C=O) groups excluding carboxylic acids is 1. The highest BCUT2D eigenvalue weighted by molar-refractivity contribution is 5.85. The molecule has 1 saturated heterocycles. The first-order valence-electron chi connectivity index (χ1n) is 7.20. The van der Waals surface area contributed by atoms with Crippen molar-refractivity contribution in [2.24, 2.45) is 11.8 Å². The zero-order valence-electron chi connectivity index (χ0n) is 12.9. The molecule has 1 unspecified atom stereocenters. The number of ether oxygens (including phenoxy) is 1. The molecule has 0 saturated carbocycles. The van der Waals surface area contributed by atoms with E-state index in [1.54, 1.807) is 0 Å². The van der Waals surface area contributed by atoms with Crippen LogP contribution in [0.2, 0.25) is 0 Å². The molecule has 4 nitrogen and oxygen atoms in total. The summed E-state index contributed by atoms with van der Waals surface area (Å²) in [5, 5.41) is 6.20. The first-order chi connectivity index (χ1) is 9.48. The molecule has 1 heterocycles. The van der Waals surface area contributed by atoms with Crippen molar-refractivity contribution >= 4 is 18.3 Å². The van der Waals surface area contributed by atoms with Gasteiger partial charge in [0.15, 0.2) is 0 Å². The normalized spacial score (nSPS) is 16.3. The number of carbonyl (C=O) groups is 1. The predicted octanol–water partition coefficient (Wildman–Crippen LogP) is 2.24.